The maximum atomic E-state index is 4.50. The van der Waals surface area contributed by atoms with Crippen molar-refractivity contribution in [3.05, 3.63) is 12.3 Å². The number of hydroxylamine groups is 1. The molecule has 1 heterocycles. The molecule has 0 saturated heterocycles. The number of rotatable bonds is 0. The quantitative estimate of drug-likeness (QED) is 0.453. The van der Waals surface area contributed by atoms with Crippen molar-refractivity contribution in [2.24, 2.45) is 0 Å². The highest BCUT2D eigenvalue weighted by molar-refractivity contribution is 4.82. The molecule has 0 aromatic heterocycles. The summed E-state index contributed by atoms with van der Waals surface area (Å²) >= 11 is 0. The Kier molecular flexibility index (Phi) is 0.801. The lowest BCUT2D eigenvalue weighted by Gasteiger charge is -1.93. The van der Waals surface area contributed by atoms with Crippen molar-refractivity contribution in [3.8, 4) is 0 Å². The summed E-state index contributed by atoms with van der Waals surface area (Å²) in [6.45, 7) is 1.99. The Morgan fingerprint density at radius 3 is 3.00 bits per heavy atom. The molecule has 0 saturated carbocycles. The van der Waals surface area contributed by atoms with E-state index in [9.17, 15) is 0 Å². The third-order valence-corrected chi connectivity index (χ3v) is 0.622. The summed E-state index contributed by atoms with van der Waals surface area (Å²) in [4.78, 5) is 4.50. The molecule has 1 aliphatic rings. The van der Waals surface area contributed by atoms with Crippen LogP contribution in [0.4, 0.5) is 0 Å². The molecule has 2 heteroatoms. The van der Waals surface area contributed by atoms with Gasteiger partial charge in [-0.15, -0.1) is 5.48 Å². The molecule has 6 heavy (non-hydrogen) atoms. The van der Waals surface area contributed by atoms with Gasteiger partial charge in [0.1, 0.15) is 0 Å². The van der Waals surface area contributed by atoms with Crippen LogP contribution in [0.25, 0.3) is 0 Å². The van der Waals surface area contributed by atoms with Gasteiger partial charge in [0.05, 0.1) is 6.04 Å². The van der Waals surface area contributed by atoms with E-state index in [-0.39, 0.29) is 0 Å². The van der Waals surface area contributed by atoms with E-state index in [0.717, 1.165) is 0 Å². The Morgan fingerprint density at radius 2 is 2.83 bits per heavy atom. The molecular weight excluding hydrogens is 78.0 g/mol. The number of nitrogens with one attached hydrogen (secondary N) is 1. The first-order chi connectivity index (χ1) is 2.89. The van der Waals surface area contributed by atoms with Crippen LogP contribution in [-0.2, 0) is 4.84 Å². The summed E-state index contributed by atoms with van der Waals surface area (Å²) in [7, 11) is 0. The predicted octanol–water partition coefficient (Wildman–Crippen LogP) is 0.227. The Bertz CT molecular complexity index is 69.9. The van der Waals surface area contributed by atoms with Crippen molar-refractivity contribution >= 4 is 0 Å². The van der Waals surface area contributed by atoms with Gasteiger partial charge in [0.15, 0.2) is 6.26 Å². The average Bonchev–Trinajstić information content (AvgIpc) is 1.86. The molecule has 33 valence electrons. The van der Waals surface area contributed by atoms with Crippen molar-refractivity contribution < 1.29 is 4.84 Å². The van der Waals surface area contributed by atoms with Crippen LogP contribution in [0.5, 0.6) is 0 Å². The smallest absolute Gasteiger partial charge is 0.189 e. The highest BCUT2D eigenvalue weighted by Gasteiger charge is 1.99. The SMILES string of the molecule is CC1C=[C]ON1. The Balaban J connectivity index is 2.38. The van der Waals surface area contributed by atoms with E-state index < -0.39 is 0 Å². The highest BCUT2D eigenvalue weighted by Crippen LogP contribution is 1.90. The van der Waals surface area contributed by atoms with Gasteiger partial charge in [-0.2, -0.15) is 0 Å². The third-order valence-electron chi connectivity index (χ3n) is 0.622. The fourth-order valence-corrected chi connectivity index (χ4v) is 0.297. The zero-order valence-corrected chi connectivity index (χ0v) is 3.56. The van der Waals surface area contributed by atoms with Crippen LogP contribution in [0.2, 0.25) is 0 Å². The van der Waals surface area contributed by atoms with Crippen molar-refractivity contribution in [1.82, 2.24) is 5.48 Å². The van der Waals surface area contributed by atoms with Crippen molar-refractivity contribution in [2.45, 2.75) is 13.0 Å². The summed E-state index contributed by atoms with van der Waals surface area (Å²) < 4.78 is 0. The molecule has 0 bridgehead atoms. The van der Waals surface area contributed by atoms with Crippen LogP contribution in [-0.4, -0.2) is 6.04 Å². The lowest BCUT2D eigenvalue weighted by Crippen LogP contribution is -2.15. The van der Waals surface area contributed by atoms with E-state index in [0.29, 0.717) is 6.04 Å². The normalized spacial score (nSPS) is 30.5. The summed E-state index contributed by atoms with van der Waals surface area (Å²) in [5, 5.41) is 0. The molecule has 0 fully saturated rings. The molecule has 0 spiro atoms. The van der Waals surface area contributed by atoms with Gasteiger partial charge in [0.25, 0.3) is 0 Å². The van der Waals surface area contributed by atoms with Crippen molar-refractivity contribution in [3.63, 3.8) is 0 Å². The molecule has 0 amide bonds. The summed E-state index contributed by atoms with van der Waals surface area (Å²) in [6, 6.07) is 0.338. The molecule has 1 aliphatic heterocycles. The maximum absolute atomic E-state index is 4.50. The Morgan fingerprint density at radius 1 is 2.00 bits per heavy atom. The van der Waals surface area contributed by atoms with Crippen LogP contribution in [0.1, 0.15) is 6.92 Å². The standard InChI is InChI=1S/C4H6NO/c1-4-2-3-6-5-4/h2,4-5H,1H3. The molecule has 2 nitrogen and oxygen atoms in total. The van der Waals surface area contributed by atoms with Gasteiger partial charge in [-0.05, 0) is 13.0 Å². The van der Waals surface area contributed by atoms with Crippen LogP contribution < -0.4 is 5.48 Å². The first kappa shape index (κ1) is 3.68. The minimum absolute atomic E-state index is 0.338. The molecule has 1 rings (SSSR count). The first-order valence-corrected chi connectivity index (χ1v) is 1.90. The largest absolute Gasteiger partial charge is 0.404 e. The van der Waals surface area contributed by atoms with Crippen LogP contribution in [0.3, 0.4) is 0 Å². The molecule has 0 aromatic carbocycles. The minimum atomic E-state index is 0.338. The van der Waals surface area contributed by atoms with E-state index >= 15 is 0 Å². The fourth-order valence-electron chi connectivity index (χ4n) is 0.297. The predicted molar refractivity (Wildman–Crippen MR) is 21.5 cm³/mol. The number of hydrogen-bond donors (Lipinski definition) is 1. The van der Waals surface area contributed by atoms with E-state index in [2.05, 4.69) is 16.6 Å². The van der Waals surface area contributed by atoms with E-state index in [1.54, 1.807) is 0 Å². The molecule has 0 aliphatic carbocycles. The van der Waals surface area contributed by atoms with Crippen molar-refractivity contribution in [2.75, 3.05) is 0 Å². The van der Waals surface area contributed by atoms with Crippen LogP contribution in [0.15, 0.2) is 6.08 Å². The van der Waals surface area contributed by atoms with E-state index in [1.807, 2.05) is 13.0 Å². The molecule has 1 atom stereocenters. The molecular formula is C4H6NO. The fraction of sp³-hybridized carbons (Fsp3) is 0.500. The summed E-state index contributed by atoms with van der Waals surface area (Å²) in [5.41, 5.74) is 2.65. The van der Waals surface area contributed by atoms with Gasteiger partial charge < -0.3 is 4.84 Å². The first-order valence-electron chi connectivity index (χ1n) is 1.90. The van der Waals surface area contributed by atoms with Crippen molar-refractivity contribution in [1.29, 1.82) is 0 Å². The Labute approximate surface area is 36.8 Å². The lowest BCUT2D eigenvalue weighted by molar-refractivity contribution is 0.131. The second-order valence-electron chi connectivity index (χ2n) is 1.29. The van der Waals surface area contributed by atoms with E-state index in [1.165, 1.54) is 0 Å². The Hall–Kier alpha value is -0.500. The molecule has 1 unspecified atom stereocenters. The van der Waals surface area contributed by atoms with Gasteiger partial charge in [-0.25, -0.2) is 0 Å². The maximum Gasteiger partial charge on any atom is 0.189 e. The van der Waals surface area contributed by atoms with Gasteiger partial charge in [0, 0.05) is 0 Å². The van der Waals surface area contributed by atoms with Crippen LogP contribution >= 0.6 is 0 Å². The average molecular weight is 84.1 g/mol. The molecule has 1 radical (unpaired) electrons. The second kappa shape index (κ2) is 1.30. The summed E-state index contributed by atoms with van der Waals surface area (Å²) in [5.74, 6) is 0. The second-order valence-corrected chi connectivity index (χ2v) is 1.29. The molecule has 1 N–H and O–H groups in total. The van der Waals surface area contributed by atoms with Crippen LogP contribution in [0, 0.1) is 6.26 Å². The van der Waals surface area contributed by atoms with Gasteiger partial charge in [0.2, 0.25) is 0 Å². The highest BCUT2D eigenvalue weighted by atomic mass is 16.6. The zero-order chi connectivity index (χ0) is 4.41. The molecule has 0 aromatic rings. The lowest BCUT2D eigenvalue weighted by atomic mass is 10.4. The monoisotopic (exact) mass is 84.0 g/mol. The minimum Gasteiger partial charge on any atom is -0.404 e. The van der Waals surface area contributed by atoms with Gasteiger partial charge in [-0.1, -0.05) is 0 Å². The zero-order valence-electron chi connectivity index (χ0n) is 3.56. The number of hydrogen-bond acceptors (Lipinski definition) is 2. The van der Waals surface area contributed by atoms with Gasteiger partial charge >= 0.3 is 0 Å². The topological polar surface area (TPSA) is 21.3 Å². The summed E-state index contributed by atoms with van der Waals surface area (Å²) in [6.07, 6.45) is 4.36. The third kappa shape index (κ3) is 0.518. The van der Waals surface area contributed by atoms with E-state index in [4.69, 9.17) is 0 Å². The van der Waals surface area contributed by atoms with Gasteiger partial charge in [-0.3, -0.25) is 0 Å².